The standard InChI is InChI=1S/C15H31N3O/c1-6-9-18-10-7-13(8-11-18)16-12(2)14(19)17-15(3,4)5/h12-13,16H,6-11H2,1-5H3,(H,17,19). The highest BCUT2D eigenvalue weighted by Gasteiger charge is 2.24. The van der Waals surface area contributed by atoms with Crippen LogP contribution in [-0.2, 0) is 4.79 Å². The molecule has 19 heavy (non-hydrogen) atoms. The van der Waals surface area contributed by atoms with Crippen molar-refractivity contribution in [3.8, 4) is 0 Å². The van der Waals surface area contributed by atoms with Crippen molar-refractivity contribution >= 4 is 5.91 Å². The predicted molar refractivity (Wildman–Crippen MR) is 80.2 cm³/mol. The van der Waals surface area contributed by atoms with Crippen LogP contribution in [0.2, 0.25) is 0 Å². The number of piperidine rings is 1. The second-order valence-electron chi connectivity index (χ2n) is 6.74. The van der Waals surface area contributed by atoms with E-state index in [0.29, 0.717) is 6.04 Å². The van der Waals surface area contributed by atoms with Crippen LogP contribution in [0.15, 0.2) is 0 Å². The molecule has 0 aliphatic carbocycles. The third-order valence-corrected chi connectivity index (χ3v) is 3.50. The van der Waals surface area contributed by atoms with Crippen LogP contribution in [0.1, 0.15) is 53.9 Å². The van der Waals surface area contributed by atoms with Crippen LogP contribution in [0.25, 0.3) is 0 Å². The Morgan fingerprint density at radius 3 is 2.37 bits per heavy atom. The Balaban J connectivity index is 2.30. The van der Waals surface area contributed by atoms with Gasteiger partial charge in [-0.3, -0.25) is 4.79 Å². The number of carbonyl (C=O) groups is 1. The summed E-state index contributed by atoms with van der Waals surface area (Å²) in [5.41, 5.74) is -0.155. The summed E-state index contributed by atoms with van der Waals surface area (Å²) in [5.74, 6) is 0.100. The van der Waals surface area contributed by atoms with Gasteiger partial charge in [0.25, 0.3) is 0 Å². The highest BCUT2D eigenvalue weighted by Crippen LogP contribution is 2.11. The Morgan fingerprint density at radius 1 is 1.32 bits per heavy atom. The maximum atomic E-state index is 12.0. The van der Waals surface area contributed by atoms with Crippen molar-refractivity contribution in [3.63, 3.8) is 0 Å². The first-order chi connectivity index (χ1) is 8.81. The fourth-order valence-corrected chi connectivity index (χ4v) is 2.55. The Morgan fingerprint density at radius 2 is 1.89 bits per heavy atom. The molecule has 1 rings (SSSR count). The van der Waals surface area contributed by atoms with Crippen molar-refractivity contribution in [1.29, 1.82) is 0 Å². The zero-order valence-corrected chi connectivity index (χ0v) is 13.3. The van der Waals surface area contributed by atoms with Gasteiger partial charge in [0.15, 0.2) is 0 Å². The van der Waals surface area contributed by atoms with Gasteiger partial charge in [0.05, 0.1) is 6.04 Å². The summed E-state index contributed by atoms with van der Waals surface area (Å²) in [4.78, 5) is 14.5. The summed E-state index contributed by atoms with van der Waals surface area (Å²) < 4.78 is 0. The van der Waals surface area contributed by atoms with Gasteiger partial charge in [-0.2, -0.15) is 0 Å². The van der Waals surface area contributed by atoms with E-state index in [9.17, 15) is 4.79 Å². The van der Waals surface area contributed by atoms with E-state index >= 15 is 0 Å². The van der Waals surface area contributed by atoms with Gasteiger partial charge in [-0.1, -0.05) is 6.92 Å². The van der Waals surface area contributed by atoms with Crippen LogP contribution >= 0.6 is 0 Å². The SMILES string of the molecule is CCCN1CCC(NC(C)C(=O)NC(C)(C)C)CC1. The van der Waals surface area contributed by atoms with Crippen LogP contribution in [0, 0.1) is 0 Å². The molecule has 1 heterocycles. The molecule has 0 bridgehead atoms. The van der Waals surface area contributed by atoms with Gasteiger partial charge in [0.2, 0.25) is 5.91 Å². The minimum atomic E-state index is -0.155. The summed E-state index contributed by atoms with van der Waals surface area (Å²) in [5, 5.41) is 6.49. The van der Waals surface area contributed by atoms with Crippen LogP contribution in [0.5, 0.6) is 0 Å². The van der Waals surface area contributed by atoms with Gasteiger partial charge < -0.3 is 15.5 Å². The Labute approximate surface area is 118 Å². The summed E-state index contributed by atoms with van der Waals surface area (Å²) >= 11 is 0. The van der Waals surface area contributed by atoms with E-state index in [0.717, 1.165) is 25.9 Å². The Bertz CT molecular complexity index is 278. The first-order valence-electron chi connectivity index (χ1n) is 7.62. The molecule has 4 heteroatoms. The molecule has 1 amide bonds. The minimum absolute atomic E-state index is 0.100. The zero-order chi connectivity index (χ0) is 14.5. The third-order valence-electron chi connectivity index (χ3n) is 3.50. The number of amides is 1. The number of likely N-dealkylation sites (tertiary alicyclic amines) is 1. The lowest BCUT2D eigenvalue weighted by molar-refractivity contribution is -0.124. The summed E-state index contributed by atoms with van der Waals surface area (Å²) in [6, 6.07) is 0.371. The van der Waals surface area contributed by atoms with Gasteiger partial charge in [-0.05, 0) is 66.6 Å². The topological polar surface area (TPSA) is 44.4 Å². The Hall–Kier alpha value is -0.610. The lowest BCUT2D eigenvalue weighted by atomic mass is 10.0. The highest BCUT2D eigenvalue weighted by molar-refractivity contribution is 5.81. The first kappa shape index (κ1) is 16.4. The molecule has 0 aromatic rings. The molecular formula is C15H31N3O. The third kappa shape index (κ3) is 6.39. The molecule has 1 aliphatic heterocycles. The van der Waals surface area contributed by atoms with E-state index in [4.69, 9.17) is 0 Å². The van der Waals surface area contributed by atoms with Crippen molar-refractivity contribution in [2.45, 2.75) is 71.5 Å². The fraction of sp³-hybridized carbons (Fsp3) is 0.933. The molecule has 1 fully saturated rings. The van der Waals surface area contributed by atoms with Gasteiger partial charge >= 0.3 is 0 Å². The van der Waals surface area contributed by atoms with Gasteiger partial charge in [-0.25, -0.2) is 0 Å². The van der Waals surface area contributed by atoms with Crippen molar-refractivity contribution < 1.29 is 4.79 Å². The first-order valence-corrected chi connectivity index (χ1v) is 7.62. The van der Waals surface area contributed by atoms with E-state index in [2.05, 4.69) is 22.5 Å². The van der Waals surface area contributed by atoms with E-state index in [-0.39, 0.29) is 17.5 Å². The van der Waals surface area contributed by atoms with Crippen LogP contribution < -0.4 is 10.6 Å². The number of hydrogen-bond acceptors (Lipinski definition) is 3. The Kier molecular flexibility index (Phi) is 6.27. The molecule has 1 saturated heterocycles. The van der Waals surface area contributed by atoms with Crippen molar-refractivity contribution in [2.75, 3.05) is 19.6 Å². The van der Waals surface area contributed by atoms with Crippen molar-refractivity contribution in [2.24, 2.45) is 0 Å². The summed E-state index contributed by atoms with van der Waals surface area (Å²) in [6.07, 6.45) is 3.52. The lowest BCUT2D eigenvalue weighted by Gasteiger charge is -2.34. The quantitative estimate of drug-likeness (QED) is 0.799. The van der Waals surface area contributed by atoms with E-state index in [1.807, 2.05) is 27.7 Å². The largest absolute Gasteiger partial charge is 0.350 e. The zero-order valence-electron chi connectivity index (χ0n) is 13.3. The summed E-state index contributed by atoms with van der Waals surface area (Å²) in [7, 11) is 0. The molecule has 112 valence electrons. The van der Waals surface area contributed by atoms with Gasteiger partial charge in [0, 0.05) is 11.6 Å². The molecule has 0 aromatic carbocycles. The molecule has 1 atom stereocenters. The van der Waals surface area contributed by atoms with Gasteiger partial charge in [-0.15, -0.1) is 0 Å². The number of carbonyl (C=O) groups excluding carboxylic acids is 1. The van der Waals surface area contributed by atoms with Crippen molar-refractivity contribution in [1.82, 2.24) is 15.5 Å². The van der Waals surface area contributed by atoms with Crippen LogP contribution in [-0.4, -0.2) is 48.1 Å². The molecule has 0 aromatic heterocycles. The predicted octanol–water partition coefficient (Wildman–Crippen LogP) is 1.75. The smallest absolute Gasteiger partial charge is 0.237 e. The molecule has 2 N–H and O–H groups in total. The normalized spacial score (nSPS) is 20.3. The number of nitrogens with one attached hydrogen (secondary N) is 2. The average molecular weight is 269 g/mol. The van der Waals surface area contributed by atoms with Crippen LogP contribution in [0.3, 0.4) is 0 Å². The van der Waals surface area contributed by atoms with Crippen molar-refractivity contribution in [3.05, 3.63) is 0 Å². The molecule has 0 radical (unpaired) electrons. The fourth-order valence-electron chi connectivity index (χ4n) is 2.55. The number of hydrogen-bond donors (Lipinski definition) is 2. The van der Waals surface area contributed by atoms with E-state index in [1.54, 1.807) is 0 Å². The molecule has 1 unspecified atom stereocenters. The molecule has 1 aliphatic rings. The van der Waals surface area contributed by atoms with E-state index in [1.165, 1.54) is 13.0 Å². The molecule has 0 saturated carbocycles. The second kappa shape index (κ2) is 7.25. The second-order valence-corrected chi connectivity index (χ2v) is 6.74. The maximum Gasteiger partial charge on any atom is 0.237 e. The maximum absolute atomic E-state index is 12.0. The highest BCUT2D eigenvalue weighted by atomic mass is 16.2. The number of nitrogens with zero attached hydrogens (tertiary/aromatic N) is 1. The molecule has 0 spiro atoms. The monoisotopic (exact) mass is 269 g/mol. The molecule has 4 nitrogen and oxygen atoms in total. The average Bonchev–Trinajstić information content (AvgIpc) is 2.29. The van der Waals surface area contributed by atoms with Gasteiger partial charge in [0.1, 0.15) is 0 Å². The lowest BCUT2D eigenvalue weighted by Crippen LogP contribution is -2.53. The van der Waals surface area contributed by atoms with E-state index < -0.39 is 0 Å². The molecular weight excluding hydrogens is 238 g/mol. The summed E-state index contributed by atoms with van der Waals surface area (Å²) in [6.45, 7) is 13.7. The van der Waals surface area contributed by atoms with Crippen LogP contribution in [0.4, 0.5) is 0 Å². The number of rotatable bonds is 5. The minimum Gasteiger partial charge on any atom is -0.350 e.